The molecule has 6 atom stereocenters. The van der Waals surface area contributed by atoms with Gasteiger partial charge in [0.2, 0.25) is 17.7 Å². The van der Waals surface area contributed by atoms with Gasteiger partial charge < -0.3 is 30.6 Å². The van der Waals surface area contributed by atoms with Crippen LogP contribution in [0.25, 0.3) is 0 Å². The highest BCUT2D eigenvalue weighted by Gasteiger charge is 2.50. The molecule has 5 aromatic carbocycles. The summed E-state index contributed by atoms with van der Waals surface area (Å²) in [6.07, 6.45) is 3.32. The molecule has 2 heterocycles. The molecule has 0 aromatic heterocycles. The maximum atomic E-state index is 14.1. The van der Waals surface area contributed by atoms with Crippen LogP contribution in [0.5, 0.6) is 0 Å². The van der Waals surface area contributed by atoms with Gasteiger partial charge in [-0.3, -0.25) is 14.4 Å². The van der Waals surface area contributed by atoms with Crippen LogP contribution in [-0.2, 0) is 30.8 Å². The summed E-state index contributed by atoms with van der Waals surface area (Å²) < 4.78 is 41.9. The Morgan fingerprint density at radius 1 is 0.853 bits per heavy atom. The lowest BCUT2D eigenvalue weighted by atomic mass is 9.69. The number of β-lactam (4-membered cyclic amide) rings is 1. The van der Waals surface area contributed by atoms with Crippen molar-refractivity contribution in [2.45, 2.75) is 114 Å². The molecule has 5 aromatic rings. The number of unbranched alkanes of at least 4 members (excludes halogenated alkanes) is 2. The monoisotopic (exact) mass is 944 g/mol. The van der Waals surface area contributed by atoms with Gasteiger partial charge in [0, 0.05) is 61.9 Å². The molecule has 0 bridgehead atoms. The molecular formula is C55H65FN4O7S. The van der Waals surface area contributed by atoms with Gasteiger partial charge in [0.1, 0.15) is 5.82 Å². The first-order valence-electron chi connectivity index (χ1n) is 23.9. The fraction of sp³-hybridized carbons (Fsp3) is 0.400. The van der Waals surface area contributed by atoms with E-state index in [9.17, 15) is 37.4 Å². The van der Waals surface area contributed by atoms with Gasteiger partial charge in [0.15, 0.2) is 9.84 Å². The van der Waals surface area contributed by atoms with Crippen LogP contribution in [0.4, 0.5) is 21.5 Å². The standard InChI is InChI=1S/C55H65FN4O7S/c1-5-7-32-55(6-2)36-68(66,67)48-31-28-44(59(3)4)34-46(48)51(53(55)64)40-16-13-17-42(33-40)58-50(63)19-12-11-18-49(62)57-35-37-20-22-39(23-21-37)52-45(29-30-47(61)38-14-9-8-10-15-38)54(65)60(52)43-26-24-41(56)25-27-43/h8-10,13-17,20-28,31,33-34,45,47,51-53,61,64H,5-7,11-12,18-19,29-30,32,35-36H2,1-4H3,(H,57,62)(H,58,63). The fourth-order valence-corrected chi connectivity index (χ4v) is 12.3. The number of hydrogen-bond donors (Lipinski definition) is 4. The van der Waals surface area contributed by atoms with Crippen molar-refractivity contribution < 1.29 is 37.4 Å². The number of carbonyl (C=O) groups excluding carboxylic acids is 3. The van der Waals surface area contributed by atoms with Gasteiger partial charge in [0.25, 0.3) is 0 Å². The third-order valence-electron chi connectivity index (χ3n) is 14.0. The van der Waals surface area contributed by atoms with Crippen LogP contribution >= 0.6 is 0 Å². The third kappa shape index (κ3) is 11.3. The average molecular weight is 945 g/mol. The predicted octanol–water partition coefficient (Wildman–Crippen LogP) is 9.79. The molecule has 68 heavy (non-hydrogen) atoms. The van der Waals surface area contributed by atoms with E-state index in [-0.39, 0.29) is 53.2 Å². The summed E-state index contributed by atoms with van der Waals surface area (Å²) in [4.78, 5) is 43.5. The van der Waals surface area contributed by atoms with E-state index in [1.54, 1.807) is 35.2 Å². The number of rotatable bonds is 20. The second kappa shape index (κ2) is 22.0. The highest BCUT2D eigenvalue weighted by Crippen LogP contribution is 2.50. The summed E-state index contributed by atoms with van der Waals surface area (Å²) in [5, 5.41) is 29.2. The van der Waals surface area contributed by atoms with E-state index in [2.05, 4.69) is 17.6 Å². The summed E-state index contributed by atoms with van der Waals surface area (Å²) >= 11 is 0. The van der Waals surface area contributed by atoms with Crippen molar-refractivity contribution in [3.63, 3.8) is 0 Å². The van der Waals surface area contributed by atoms with Crippen molar-refractivity contribution in [3.8, 4) is 0 Å². The van der Waals surface area contributed by atoms with Gasteiger partial charge >= 0.3 is 0 Å². The van der Waals surface area contributed by atoms with Gasteiger partial charge in [-0.25, -0.2) is 12.8 Å². The van der Waals surface area contributed by atoms with Crippen LogP contribution in [-0.4, -0.2) is 62.3 Å². The molecule has 2 aliphatic rings. The molecule has 1 saturated heterocycles. The van der Waals surface area contributed by atoms with Crippen LogP contribution in [0.1, 0.15) is 124 Å². The molecule has 0 spiro atoms. The van der Waals surface area contributed by atoms with Crippen molar-refractivity contribution in [1.29, 1.82) is 0 Å². The van der Waals surface area contributed by atoms with Gasteiger partial charge in [-0.15, -0.1) is 0 Å². The third-order valence-corrected chi connectivity index (χ3v) is 16.0. The number of aliphatic hydroxyl groups is 2. The van der Waals surface area contributed by atoms with Gasteiger partial charge in [0.05, 0.1) is 34.8 Å². The second-order valence-corrected chi connectivity index (χ2v) is 20.7. The van der Waals surface area contributed by atoms with E-state index in [0.717, 1.165) is 40.8 Å². The molecule has 360 valence electrons. The molecule has 4 N–H and O–H groups in total. The molecule has 6 unspecified atom stereocenters. The zero-order chi connectivity index (χ0) is 48.6. The van der Waals surface area contributed by atoms with E-state index in [4.69, 9.17) is 0 Å². The van der Waals surface area contributed by atoms with Crippen molar-refractivity contribution in [2.24, 2.45) is 11.3 Å². The quantitative estimate of drug-likeness (QED) is 0.0444. The lowest BCUT2D eigenvalue weighted by Crippen LogP contribution is -2.55. The Balaban J connectivity index is 0.932. The number of amides is 3. The maximum Gasteiger partial charge on any atom is 0.233 e. The van der Waals surface area contributed by atoms with Gasteiger partial charge in [-0.2, -0.15) is 0 Å². The molecule has 7 rings (SSSR count). The fourth-order valence-electron chi connectivity index (χ4n) is 10.0. The molecule has 3 amide bonds. The van der Waals surface area contributed by atoms with Gasteiger partial charge in [-0.05, 0) is 121 Å². The van der Waals surface area contributed by atoms with E-state index in [1.165, 1.54) is 12.1 Å². The Morgan fingerprint density at radius 2 is 1.56 bits per heavy atom. The highest BCUT2D eigenvalue weighted by molar-refractivity contribution is 7.91. The molecule has 11 nitrogen and oxygen atoms in total. The summed E-state index contributed by atoms with van der Waals surface area (Å²) in [5.41, 5.74) is 4.94. The van der Waals surface area contributed by atoms with Crippen LogP contribution < -0.4 is 20.4 Å². The van der Waals surface area contributed by atoms with Crippen molar-refractivity contribution in [3.05, 3.63) is 155 Å². The largest absolute Gasteiger partial charge is 0.392 e. The number of fused-ring (bicyclic) bond motifs is 1. The van der Waals surface area contributed by atoms with Crippen molar-refractivity contribution in [1.82, 2.24) is 5.32 Å². The zero-order valence-corrected chi connectivity index (χ0v) is 40.4. The Labute approximate surface area is 400 Å². The topological polar surface area (TPSA) is 156 Å². The van der Waals surface area contributed by atoms with E-state index >= 15 is 0 Å². The highest BCUT2D eigenvalue weighted by atomic mass is 32.2. The number of benzene rings is 5. The minimum Gasteiger partial charge on any atom is -0.392 e. The summed E-state index contributed by atoms with van der Waals surface area (Å²) in [6, 6.07) is 35.3. The number of anilines is 3. The summed E-state index contributed by atoms with van der Waals surface area (Å²) in [7, 11) is 0.0468. The molecule has 0 aliphatic carbocycles. The zero-order valence-electron chi connectivity index (χ0n) is 39.5. The number of halogens is 1. The number of nitrogens with one attached hydrogen (secondary N) is 2. The number of aliphatic hydroxyl groups excluding tert-OH is 2. The van der Waals surface area contributed by atoms with Crippen LogP contribution in [0.2, 0.25) is 0 Å². The first-order chi connectivity index (χ1) is 32.6. The Bertz CT molecular complexity index is 2650. The SMILES string of the molecule is CCCCC1(CC)CS(=O)(=O)c2ccc(N(C)C)cc2C(c2cccc(NC(=O)CCCCC(=O)NCc3ccc(C4C(CCC(O)c5ccccc5)C(=O)N4c4ccc(F)cc4)cc3)c2)C1O. The van der Waals surface area contributed by atoms with Crippen LogP contribution in [0.15, 0.2) is 126 Å². The smallest absolute Gasteiger partial charge is 0.233 e. The minimum absolute atomic E-state index is 0.0806. The molecule has 0 saturated carbocycles. The van der Waals surface area contributed by atoms with E-state index in [1.807, 2.05) is 105 Å². The Morgan fingerprint density at radius 3 is 2.24 bits per heavy atom. The molecule has 13 heteroatoms. The molecule has 2 aliphatic heterocycles. The van der Waals surface area contributed by atoms with E-state index in [0.29, 0.717) is 62.0 Å². The lowest BCUT2D eigenvalue weighted by Gasteiger charge is -2.48. The Hall–Kier alpha value is -5.89. The lowest BCUT2D eigenvalue weighted by molar-refractivity contribution is -0.131. The predicted molar refractivity (Wildman–Crippen MR) is 266 cm³/mol. The van der Waals surface area contributed by atoms with Crippen molar-refractivity contribution in [2.75, 3.05) is 35.0 Å². The van der Waals surface area contributed by atoms with Gasteiger partial charge in [-0.1, -0.05) is 93.4 Å². The molecule has 0 radical (unpaired) electrons. The molecular weight excluding hydrogens is 880 g/mol. The number of carbonyl (C=O) groups is 3. The number of hydrogen-bond acceptors (Lipinski definition) is 8. The second-order valence-electron chi connectivity index (χ2n) is 18.8. The first kappa shape index (κ1) is 50.0. The first-order valence-corrected chi connectivity index (χ1v) is 25.6. The minimum atomic E-state index is -3.74. The summed E-state index contributed by atoms with van der Waals surface area (Å²) in [5.74, 6) is -1.99. The maximum absolute atomic E-state index is 14.1. The number of sulfone groups is 1. The normalized spacial score (nSPS) is 21.2. The number of nitrogens with zero attached hydrogens (tertiary/aromatic N) is 2. The Kier molecular flexibility index (Phi) is 16.2. The average Bonchev–Trinajstić information content (AvgIpc) is 3.40. The van der Waals surface area contributed by atoms with Crippen LogP contribution in [0.3, 0.4) is 0 Å². The molecule has 1 fully saturated rings. The van der Waals surface area contributed by atoms with E-state index < -0.39 is 39.2 Å². The van der Waals surface area contributed by atoms with Crippen LogP contribution in [0, 0.1) is 17.2 Å². The van der Waals surface area contributed by atoms with Crippen molar-refractivity contribution >= 4 is 44.6 Å². The summed E-state index contributed by atoms with van der Waals surface area (Å²) in [6.45, 7) is 4.32.